The average molecular weight is 565 g/mol. The normalized spacial score (nSPS) is 14.7. The van der Waals surface area contributed by atoms with Crippen molar-refractivity contribution in [3.8, 4) is 17.2 Å². The Bertz CT molecular complexity index is 1550. The molecule has 11 heteroatoms. The molecule has 1 N–H and O–H groups in total. The van der Waals surface area contributed by atoms with Gasteiger partial charge in [-0.25, -0.2) is 4.79 Å². The molecule has 0 aromatic heterocycles. The van der Waals surface area contributed by atoms with E-state index in [9.17, 15) is 22.8 Å². The summed E-state index contributed by atoms with van der Waals surface area (Å²) in [6.07, 6.45) is 2.09. The number of hydrogen-bond donors (Lipinski definition) is 1. The van der Waals surface area contributed by atoms with Gasteiger partial charge in [0.2, 0.25) is 0 Å². The molecule has 0 radical (unpaired) electrons. The maximum Gasteiger partial charge on any atom is 0.339 e. The van der Waals surface area contributed by atoms with Crippen LogP contribution in [0.3, 0.4) is 0 Å². The number of nitrogens with one attached hydrogen (secondary N) is 1. The van der Waals surface area contributed by atoms with E-state index in [0.29, 0.717) is 35.8 Å². The number of hydrogen-bond acceptors (Lipinski definition) is 8. The lowest BCUT2D eigenvalue weighted by Crippen LogP contribution is -2.53. The largest absolute Gasteiger partial charge is 0.490 e. The molecule has 1 aliphatic rings. The minimum Gasteiger partial charge on any atom is -0.490 e. The van der Waals surface area contributed by atoms with Gasteiger partial charge in [-0.15, -0.1) is 0 Å². The maximum absolute atomic E-state index is 13.3. The molecule has 1 fully saturated rings. The fourth-order valence-corrected chi connectivity index (χ4v) is 4.80. The van der Waals surface area contributed by atoms with Crippen LogP contribution >= 0.6 is 0 Å². The van der Waals surface area contributed by atoms with E-state index in [-0.39, 0.29) is 22.8 Å². The number of carbonyl (C=O) groups is 3. The molecule has 1 saturated heterocycles. The molecule has 1 heterocycles. The quantitative estimate of drug-likeness (QED) is 0.207. The molecule has 4 amide bonds. The summed E-state index contributed by atoms with van der Waals surface area (Å²) in [6.45, 7) is 4.59. The van der Waals surface area contributed by atoms with Crippen molar-refractivity contribution in [3.63, 3.8) is 0 Å². The van der Waals surface area contributed by atoms with Crippen LogP contribution in [0.1, 0.15) is 31.4 Å². The molecule has 0 saturated carbocycles. The van der Waals surface area contributed by atoms with Gasteiger partial charge < -0.3 is 13.7 Å². The molecule has 4 rings (SSSR count). The summed E-state index contributed by atoms with van der Waals surface area (Å²) in [4.78, 5) is 39.3. The van der Waals surface area contributed by atoms with Gasteiger partial charge in [0.1, 0.15) is 16.2 Å². The first-order valence-electron chi connectivity index (χ1n) is 12.6. The first-order chi connectivity index (χ1) is 19.2. The Kier molecular flexibility index (Phi) is 8.85. The van der Waals surface area contributed by atoms with Crippen molar-refractivity contribution in [1.29, 1.82) is 0 Å². The summed E-state index contributed by atoms with van der Waals surface area (Å²) in [5, 5.41) is 2.18. The number of carbonyl (C=O) groups excluding carboxylic acids is 3. The van der Waals surface area contributed by atoms with Crippen molar-refractivity contribution >= 4 is 34.0 Å². The van der Waals surface area contributed by atoms with Crippen LogP contribution in [0.15, 0.2) is 83.3 Å². The van der Waals surface area contributed by atoms with E-state index < -0.39 is 28.0 Å². The average Bonchev–Trinajstić information content (AvgIpc) is 2.93. The minimum absolute atomic E-state index is 0.0105. The van der Waals surface area contributed by atoms with Crippen molar-refractivity contribution < 1.29 is 36.5 Å². The topological polar surface area (TPSA) is 128 Å². The lowest BCUT2D eigenvalue weighted by molar-refractivity contribution is -0.130. The molecule has 10 nitrogen and oxygen atoms in total. The monoisotopic (exact) mass is 564 g/mol. The van der Waals surface area contributed by atoms with Gasteiger partial charge in [-0.1, -0.05) is 43.3 Å². The maximum atomic E-state index is 13.3. The third kappa shape index (κ3) is 6.67. The Morgan fingerprint density at radius 2 is 1.65 bits per heavy atom. The molecule has 40 heavy (non-hydrogen) atoms. The van der Waals surface area contributed by atoms with Gasteiger partial charge in [0, 0.05) is 0 Å². The van der Waals surface area contributed by atoms with Gasteiger partial charge in [0.15, 0.2) is 11.5 Å². The molecule has 0 bridgehead atoms. The number of ether oxygens (including phenoxy) is 2. The van der Waals surface area contributed by atoms with E-state index in [4.69, 9.17) is 13.7 Å². The van der Waals surface area contributed by atoms with Gasteiger partial charge in [0.25, 0.3) is 11.8 Å². The number of imide groups is 2. The number of benzene rings is 3. The third-order valence-corrected chi connectivity index (χ3v) is 6.96. The number of urea groups is 1. The van der Waals surface area contributed by atoms with Gasteiger partial charge in [-0.05, 0) is 66.9 Å². The Labute approximate surface area is 232 Å². The van der Waals surface area contributed by atoms with E-state index in [0.717, 1.165) is 11.3 Å². The molecule has 1 aliphatic heterocycles. The van der Waals surface area contributed by atoms with Crippen molar-refractivity contribution in [1.82, 2.24) is 10.2 Å². The Hall–Kier alpha value is -4.64. The summed E-state index contributed by atoms with van der Waals surface area (Å²) in [5.41, 5.74) is 0.617. The molecule has 0 aliphatic carbocycles. The second-order valence-electron chi connectivity index (χ2n) is 8.69. The number of rotatable bonds is 11. The second kappa shape index (κ2) is 12.5. The summed E-state index contributed by atoms with van der Waals surface area (Å²) >= 11 is 0. The lowest BCUT2D eigenvalue weighted by atomic mass is 10.1. The fraction of sp³-hybridized carbons (Fsp3) is 0.207. The van der Waals surface area contributed by atoms with Crippen LogP contribution in [0.2, 0.25) is 0 Å². The van der Waals surface area contributed by atoms with Crippen LogP contribution in [-0.4, -0.2) is 44.4 Å². The van der Waals surface area contributed by atoms with Crippen molar-refractivity contribution in [2.24, 2.45) is 0 Å². The molecular weight excluding hydrogens is 536 g/mol. The fourth-order valence-electron chi connectivity index (χ4n) is 3.86. The zero-order chi connectivity index (χ0) is 28.7. The van der Waals surface area contributed by atoms with Crippen LogP contribution in [0.25, 0.3) is 6.08 Å². The second-order valence-corrected chi connectivity index (χ2v) is 10.2. The minimum atomic E-state index is -4.09. The van der Waals surface area contributed by atoms with Crippen LogP contribution in [-0.2, 0) is 26.3 Å². The Morgan fingerprint density at radius 3 is 2.38 bits per heavy atom. The third-order valence-electron chi connectivity index (χ3n) is 5.70. The van der Waals surface area contributed by atoms with Gasteiger partial charge in [-0.3, -0.25) is 19.8 Å². The van der Waals surface area contributed by atoms with E-state index in [1.807, 2.05) is 13.8 Å². The van der Waals surface area contributed by atoms with Crippen LogP contribution in [0, 0.1) is 0 Å². The molecule has 0 atom stereocenters. The molecule has 3 aromatic carbocycles. The first-order valence-corrected chi connectivity index (χ1v) is 14.0. The first kappa shape index (κ1) is 28.4. The van der Waals surface area contributed by atoms with Crippen molar-refractivity contribution in [3.05, 3.63) is 89.5 Å². The SMILES string of the molecule is CCCOc1ccc(CN2C(=O)NC(=O)/C(=C/c3cccc(OS(=O)(=O)c4ccccc4)c3)C2=O)cc1OCC. The van der Waals surface area contributed by atoms with Crippen molar-refractivity contribution in [2.45, 2.75) is 31.7 Å². The predicted molar refractivity (Wildman–Crippen MR) is 146 cm³/mol. The predicted octanol–water partition coefficient (Wildman–Crippen LogP) is 4.30. The lowest BCUT2D eigenvalue weighted by Gasteiger charge is -2.26. The highest BCUT2D eigenvalue weighted by Crippen LogP contribution is 2.30. The van der Waals surface area contributed by atoms with E-state index in [1.165, 1.54) is 36.4 Å². The van der Waals surface area contributed by atoms with E-state index >= 15 is 0 Å². The highest BCUT2D eigenvalue weighted by molar-refractivity contribution is 7.87. The van der Waals surface area contributed by atoms with Gasteiger partial charge in [-0.2, -0.15) is 8.42 Å². The summed E-state index contributed by atoms with van der Waals surface area (Å²) in [5.74, 6) is -0.654. The number of nitrogens with zero attached hydrogens (tertiary/aromatic N) is 1. The Morgan fingerprint density at radius 1 is 0.875 bits per heavy atom. The van der Waals surface area contributed by atoms with E-state index in [1.54, 1.807) is 42.5 Å². The summed E-state index contributed by atoms with van der Waals surface area (Å²) in [6, 6.07) is 17.8. The van der Waals surface area contributed by atoms with Gasteiger partial charge in [0.05, 0.1) is 19.8 Å². The highest BCUT2D eigenvalue weighted by atomic mass is 32.2. The summed E-state index contributed by atoms with van der Waals surface area (Å²) < 4.78 is 41.7. The smallest absolute Gasteiger partial charge is 0.339 e. The molecule has 3 aromatic rings. The van der Waals surface area contributed by atoms with Crippen LogP contribution in [0.4, 0.5) is 4.79 Å². The highest BCUT2D eigenvalue weighted by Gasteiger charge is 2.36. The molecule has 0 spiro atoms. The number of barbiturate groups is 1. The number of amides is 4. The van der Waals surface area contributed by atoms with E-state index in [2.05, 4.69) is 5.32 Å². The molecule has 208 valence electrons. The Balaban J connectivity index is 1.56. The molecule has 0 unspecified atom stereocenters. The summed E-state index contributed by atoms with van der Waals surface area (Å²) in [7, 11) is -4.09. The van der Waals surface area contributed by atoms with Crippen LogP contribution in [0.5, 0.6) is 17.2 Å². The standard InChI is InChI=1S/C29H28N2O8S/c1-3-15-38-25-14-13-21(18-26(25)37-4-2)19-31-28(33)24(27(32)30-29(31)34)17-20-9-8-10-22(16-20)39-40(35,36)23-11-6-5-7-12-23/h5-14,16-18H,3-4,15,19H2,1-2H3,(H,30,32,34)/b24-17-. The van der Waals surface area contributed by atoms with Crippen molar-refractivity contribution in [2.75, 3.05) is 13.2 Å². The zero-order valence-corrected chi connectivity index (χ0v) is 22.8. The zero-order valence-electron chi connectivity index (χ0n) is 22.0. The van der Waals surface area contributed by atoms with Crippen LogP contribution < -0.4 is 19.0 Å². The molecular formula is C29H28N2O8S. The van der Waals surface area contributed by atoms with Gasteiger partial charge >= 0.3 is 16.1 Å².